The molecule has 1 fully saturated rings. The summed E-state index contributed by atoms with van der Waals surface area (Å²) < 4.78 is 16.6. The van der Waals surface area contributed by atoms with Crippen molar-refractivity contribution < 1.29 is 18.7 Å². The lowest BCUT2D eigenvalue weighted by Crippen LogP contribution is -2.30. The number of fused-ring (bicyclic) bond motifs is 1. The van der Waals surface area contributed by atoms with E-state index >= 15 is 0 Å². The molecule has 3 aromatic rings. The number of rotatable bonds is 4. The maximum absolute atomic E-state index is 12.7. The maximum Gasteiger partial charge on any atom is 0.289 e. The molecule has 0 radical (unpaired) electrons. The van der Waals surface area contributed by atoms with Gasteiger partial charge in [-0.1, -0.05) is 18.2 Å². The van der Waals surface area contributed by atoms with Gasteiger partial charge in [0.1, 0.15) is 11.7 Å². The second-order valence-electron chi connectivity index (χ2n) is 5.80. The zero-order valence-corrected chi connectivity index (χ0v) is 13.7. The van der Waals surface area contributed by atoms with E-state index in [1.807, 2.05) is 24.3 Å². The number of aromatic nitrogens is 2. The number of para-hydroxylation sites is 1. The van der Waals surface area contributed by atoms with Crippen molar-refractivity contribution in [3.63, 3.8) is 0 Å². The summed E-state index contributed by atoms with van der Waals surface area (Å²) in [7, 11) is 1.52. The molecule has 2 aromatic heterocycles. The molecule has 0 aliphatic carbocycles. The first-order valence-corrected chi connectivity index (χ1v) is 8.04. The van der Waals surface area contributed by atoms with E-state index in [1.165, 1.54) is 13.3 Å². The van der Waals surface area contributed by atoms with E-state index in [0.717, 1.165) is 5.39 Å². The summed E-state index contributed by atoms with van der Waals surface area (Å²) >= 11 is 0. The summed E-state index contributed by atoms with van der Waals surface area (Å²) in [5.74, 6) is 0.893. The van der Waals surface area contributed by atoms with E-state index in [0.29, 0.717) is 42.6 Å². The predicted molar refractivity (Wildman–Crippen MR) is 89.7 cm³/mol. The van der Waals surface area contributed by atoms with E-state index < -0.39 is 0 Å². The van der Waals surface area contributed by atoms with Crippen LogP contribution in [0.5, 0.6) is 11.8 Å². The second-order valence-corrected chi connectivity index (χ2v) is 5.80. The fourth-order valence-corrected chi connectivity index (χ4v) is 2.94. The Morgan fingerprint density at radius 2 is 2.04 bits per heavy atom. The normalized spacial score (nSPS) is 17.0. The van der Waals surface area contributed by atoms with Crippen LogP contribution in [0.25, 0.3) is 11.0 Å². The molecule has 1 atom stereocenters. The van der Waals surface area contributed by atoms with Crippen molar-refractivity contribution in [2.45, 2.75) is 12.5 Å². The van der Waals surface area contributed by atoms with Gasteiger partial charge in [-0.15, -0.1) is 0 Å². The van der Waals surface area contributed by atoms with Crippen molar-refractivity contribution in [2.24, 2.45) is 0 Å². The lowest BCUT2D eigenvalue weighted by molar-refractivity contribution is 0.0741. The number of hydrogen-bond donors (Lipinski definition) is 0. The fourth-order valence-electron chi connectivity index (χ4n) is 2.94. The zero-order valence-electron chi connectivity index (χ0n) is 13.7. The fraction of sp³-hybridized carbons (Fsp3) is 0.278. The van der Waals surface area contributed by atoms with Crippen molar-refractivity contribution in [3.8, 4) is 11.8 Å². The summed E-state index contributed by atoms with van der Waals surface area (Å²) in [6, 6.07) is 9.35. The first-order valence-electron chi connectivity index (χ1n) is 8.04. The molecular formula is C18H17N3O4. The molecule has 0 bridgehead atoms. The van der Waals surface area contributed by atoms with Crippen LogP contribution in [0.1, 0.15) is 17.0 Å². The number of ether oxygens (including phenoxy) is 2. The van der Waals surface area contributed by atoms with Crippen LogP contribution >= 0.6 is 0 Å². The highest BCUT2D eigenvalue weighted by atomic mass is 16.5. The number of methoxy groups -OCH3 is 1. The Morgan fingerprint density at radius 1 is 1.24 bits per heavy atom. The Balaban J connectivity index is 1.45. The summed E-state index contributed by atoms with van der Waals surface area (Å²) in [6.07, 6.45) is 3.65. The lowest BCUT2D eigenvalue weighted by Gasteiger charge is -2.16. The van der Waals surface area contributed by atoms with Crippen molar-refractivity contribution >= 4 is 16.9 Å². The standard InChI is InChI=1S/C18H17N3O4/c1-23-16-17(20-8-7-19-16)24-13-6-9-21(11-13)18(22)15-10-12-4-2-3-5-14(12)25-15/h2-5,7-8,10,13H,6,9,11H2,1H3. The van der Waals surface area contributed by atoms with Crippen LogP contribution in [0.15, 0.2) is 47.1 Å². The van der Waals surface area contributed by atoms with Gasteiger partial charge in [0.25, 0.3) is 17.7 Å². The third-order valence-corrected chi connectivity index (χ3v) is 4.17. The first-order chi connectivity index (χ1) is 12.2. The van der Waals surface area contributed by atoms with Gasteiger partial charge < -0.3 is 18.8 Å². The van der Waals surface area contributed by atoms with Crippen molar-refractivity contribution in [2.75, 3.05) is 20.2 Å². The van der Waals surface area contributed by atoms with E-state index in [4.69, 9.17) is 13.9 Å². The van der Waals surface area contributed by atoms with Crippen LogP contribution in [-0.2, 0) is 0 Å². The monoisotopic (exact) mass is 339 g/mol. The summed E-state index contributed by atoms with van der Waals surface area (Å²) in [6.45, 7) is 1.07. The molecule has 1 aliphatic heterocycles. The van der Waals surface area contributed by atoms with Crippen LogP contribution < -0.4 is 9.47 Å². The molecule has 1 amide bonds. The largest absolute Gasteiger partial charge is 0.477 e. The van der Waals surface area contributed by atoms with Gasteiger partial charge in [-0.05, 0) is 12.1 Å². The molecule has 0 N–H and O–H groups in total. The molecular weight excluding hydrogens is 322 g/mol. The summed E-state index contributed by atoms with van der Waals surface area (Å²) in [4.78, 5) is 22.6. The second kappa shape index (κ2) is 6.43. The smallest absolute Gasteiger partial charge is 0.289 e. The Kier molecular flexibility index (Phi) is 3.97. The molecule has 128 valence electrons. The van der Waals surface area contributed by atoms with Gasteiger partial charge in [-0.3, -0.25) is 4.79 Å². The predicted octanol–water partition coefficient (Wildman–Crippen LogP) is 2.52. The molecule has 1 saturated heterocycles. The van der Waals surface area contributed by atoms with Crippen molar-refractivity contribution in [1.29, 1.82) is 0 Å². The van der Waals surface area contributed by atoms with Crippen LogP contribution in [0.4, 0.5) is 0 Å². The van der Waals surface area contributed by atoms with E-state index in [-0.39, 0.29) is 12.0 Å². The molecule has 7 heteroatoms. The van der Waals surface area contributed by atoms with Crippen molar-refractivity contribution in [3.05, 3.63) is 48.5 Å². The minimum Gasteiger partial charge on any atom is -0.477 e. The Bertz CT molecular complexity index is 875. The molecule has 1 unspecified atom stereocenters. The van der Waals surface area contributed by atoms with E-state index in [9.17, 15) is 4.79 Å². The molecule has 3 heterocycles. The number of carbonyl (C=O) groups excluding carboxylic acids is 1. The van der Waals surface area contributed by atoms with Gasteiger partial charge in [-0.25, -0.2) is 9.97 Å². The summed E-state index contributed by atoms with van der Waals surface area (Å²) in [5, 5.41) is 0.919. The molecule has 0 saturated carbocycles. The van der Waals surface area contributed by atoms with Gasteiger partial charge in [0.15, 0.2) is 5.76 Å². The first kappa shape index (κ1) is 15.4. The molecule has 4 rings (SSSR count). The molecule has 0 spiro atoms. The van der Waals surface area contributed by atoms with E-state index in [2.05, 4.69) is 9.97 Å². The quantitative estimate of drug-likeness (QED) is 0.727. The van der Waals surface area contributed by atoms with Gasteiger partial charge in [0, 0.05) is 30.7 Å². The average Bonchev–Trinajstić information content (AvgIpc) is 3.28. The topological polar surface area (TPSA) is 77.7 Å². The third-order valence-electron chi connectivity index (χ3n) is 4.17. The summed E-state index contributed by atoms with van der Waals surface area (Å²) in [5.41, 5.74) is 0.710. The number of benzene rings is 1. The highest BCUT2D eigenvalue weighted by molar-refractivity contribution is 5.96. The number of amides is 1. The minimum absolute atomic E-state index is 0.131. The SMILES string of the molecule is COc1nccnc1OC1CCN(C(=O)c2cc3ccccc3o2)C1. The zero-order chi connectivity index (χ0) is 17.2. The van der Waals surface area contributed by atoms with Gasteiger partial charge in [0.05, 0.1) is 13.7 Å². The van der Waals surface area contributed by atoms with E-state index in [1.54, 1.807) is 17.2 Å². The van der Waals surface area contributed by atoms with Crippen LogP contribution in [0, 0.1) is 0 Å². The molecule has 25 heavy (non-hydrogen) atoms. The Morgan fingerprint density at radius 3 is 2.84 bits per heavy atom. The van der Waals surface area contributed by atoms with Crippen LogP contribution in [-0.4, -0.2) is 47.1 Å². The number of carbonyl (C=O) groups is 1. The third kappa shape index (κ3) is 3.00. The number of likely N-dealkylation sites (tertiary alicyclic amines) is 1. The highest BCUT2D eigenvalue weighted by Crippen LogP contribution is 2.26. The van der Waals surface area contributed by atoms with Crippen molar-refractivity contribution in [1.82, 2.24) is 14.9 Å². The molecule has 1 aliphatic rings. The lowest BCUT2D eigenvalue weighted by atomic mass is 10.2. The number of hydrogen-bond acceptors (Lipinski definition) is 6. The highest BCUT2D eigenvalue weighted by Gasteiger charge is 2.30. The van der Waals surface area contributed by atoms with Crippen LogP contribution in [0.2, 0.25) is 0 Å². The van der Waals surface area contributed by atoms with Crippen LogP contribution in [0.3, 0.4) is 0 Å². The van der Waals surface area contributed by atoms with Gasteiger partial charge in [-0.2, -0.15) is 0 Å². The Labute approximate surface area is 144 Å². The maximum atomic E-state index is 12.7. The number of nitrogens with zero attached hydrogens (tertiary/aromatic N) is 3. The van der Waals surface area contributed by atoms with Gasteiger partial charge in [0.2, 0.25) is 0 Å². The Hall–Kier alpha value is -3.09. The molecule has 1 aromatic carbocycles. The number of furan rings is 1. The average molecular weight is 339 g/mol. The van der Waals surface area contributed by atoms with Gasteiger partial charge >= 0.3 is 0 Å². The molecule has 7 nitrogen and oxygen atoms in total. The minimum atomic E-state index is -0.154.